The number of carboxylic acids is 1. The lowest BCUT2D eigenvalue weighted by Crippen LogP contribution is -2.25. The van der Waals surface area contributed by atoms with E-state index in [1.165, 1.54) is 6.07 Å². The Morgan fingerprint density at radius 2 is 1.50 bits per heavy atom. The topological polar surface area (TPSA) is 57.5 Å². The summed E-state index contributed by atoms with van der Waals surface area (Å²) in [7, 11) is 0. The van der Waals surface area contributed by atoms with Crippen LogP contribution < -0.4 is 0 Å². The first-order valence-corrected chi connectivity index (χ1v) is 8.18. The Hall–Kier alpha value is -2.29. The molecule has 0 aromatic heterocycles. The van der Waals surface area contributed by atoms with Crippen LogP contribution in [0.25, 0.3) is 11.1 Å². The summed E-state index contributed by atoms with van der Waals surface area (Å²) in [6.07, 6.45) is 0.969. The summed E-state index contributed by atoms with van der Waals surface area (Å²) < 4.78 is 0. The quantitative estimate of drug-likeness (QED) is 0.783. The zero-order chi connectivity index (χ0) is 18.1. The fourth-order valence-electron chi connectivity index (χ4n) is 3.66. The fourth-order valence-corrected chi connectivity index (χ4v) is 3.66. The maximum absolute atomic E-state index is 11.3. The number of aromatic hydroxyl groups is 1. The van der Waals surface area contributed by atoms with E-state index >= 15 is 0 Å². The van der Waals surface area contributed by atoms with Gasteiger partial charge in [0, 0.05) is 5.56 Å². The predicted molar refractivity (Wildman–Crippen MR) is 97.6 cm³/mol. The van der Waals surface area contributed by atoms with E-state index < -0.39 is 5.97 Å². The normalized spacial score (nSPS) is 12.2. The third-order valence-corrected chi connectivity index (χ3v) is 4.19. The average Bonchev–Trinajstić information content (AvgIpc) is 2.44. The smallest absolute Gasteiger partial charge is 0.339 e. The summed E-state index contributed by atoms with van der Waals surface area (Å²) >= 11 is 0. The van der Waals surface area contributed by atoms with Crippen molar-refractivity contribution in [1.29, 1.82) is 0 Å². The summed E-state index contributed by atoms with van der Waals surface area (Å²) in [4.78, 5) is 11.3. The van der Waals surface area contributed by atoms with Gasteiger partial charge in [-0.25, -0.2) is 4.79 Å². The summed E-state index contributed by atoms with van der Waals surface area (Å²) in [5, 5.41) is 19.7. The lowest BCUT2D eigenvalue weighted by atomic mass is 9.70. The van der Waals surface area contributed by atoms with Crippen molar-refractivity contribution in [2.75, 3.05) is 0 Å². The summed E-state index contributed by atoms with van der Waals surface area (Å²) in [5.74, 6) is -1.30. The highest BCUT2D eigenvalue weighted by Gasteiger charge is 2.30. The molecule has 3 heteroatoms. The van der Waals surface area contributed by atoms with Gasteiger partial charge in [0.1, 0.15) is 11.3 Å². The molecule has 2 aromatic carbocycles. The van der Waals surface area contributed by atoms with Gasteiger partial charge >= 0.3 is 5.97 Å². The van der Waals surface area contributed by atoms with Gasteiger partial charge in [0.05, 0.1) is 0 Å². The molecule has 2 aromatic rings. The number of aromatic carboxylic acids is 1. The van der Waals surface area contributed by atoms with Crippen LogP contribution in [0.15, 0.2) is 42.5 Å². The van der Waals surface area contributed by atoms with Gasteiger partial charge in [0.2, 0.25) is 0 Å². The second-order valence-electron chi connectivity index (χ2n) is 8.17. The number of carboxylic acid groups (broad SMARTS) is 1. The molecule has 2 N–H and O–H groups in total. The number of benzene rings is 2. The zero-order valence-corrected chi connectivity index (χ0v) is 15.1. The van der Waals surface area contributed by atoms with E-state index in [0.29, 0.717) is 5.56 Å². The summed E-state index contributed by atoms with van der Waals surface area (Å²) in [6, 6.07) is 12.8. The summed E-state index contributed by atoms with van der Waals surface area (Å²) in [6.45, 7) is 11.0. The first kappa shape index (κ1) is 18.1. The van der Waals surface area contributed by atoms with Crippen LogP contribution >= 0.6 is 0 Å². The molecule has 0 atom stereocenters. The largest absolute Gasteiger partial charge is 0.506 e. The molecule has 0 aliphatic carbocycles. The van der Waals surface area contributed by atoms with Crippen molar-refractivity contribution in [1.82, 2.24) is 0 Å². The van der Waals surface area contributed by atoms with Gasteiger partial charge in [-0.1, -0.05) is 71.0 Å². The average molecular weight is 326 g/mol. The Morgan fingerprint density at radius 3 is 2.08 bits per heavy atom. The lowest BCUT2D eigenvalue weighted by Gasteiger charge is -2.34. The van der Waals surface area contributed by atoms with Gasteiger partial charge < -0.3 is 10.2 Å². The molecule has 0 saturated carbocycles. The molecule has 24 heavy (non-hydrogen) atoms. The van der Waals surface area contributed by atoms with Crippen LogP contribution in [-0.4, -0.2) is 16.2 Å². The van der Waals surface area contributed by atoms with Gasteiger partial charge in [-0.05, 0) is 34.4 Å². The molecular formula is C21H26O3. The van der Waals surface area contributed by atoms with Crippen LogP contribution in [-0.2, 0) is 5.41 Å². The minimum absolute atomic E-state index is 0.0732. The SMILES string of the molecule is CC(C)(C)CC(C)(C)c1ccccc1-c1cccc(C(=O)O)c1O. The van der Waals surface area contributed by atoms with Gasteiger partial charge in [-0.2, -0.15) is 0 Å². The Labute approximate surface area is 144 Å². The molecule has 0 radical (unpaired) electrons. The minimum atomic E-state index is -1.12. The van der Waals surface area contributed by atoms with Gasteiger partial charge in [0.25, 0.3) is 0 Å². The molecule has 3 nitrogen and oxygen atoms in total. The van der Waals surface area contributed by atoms with Crippen molar-refractivity contribution in [3.8, 4) is 16.9 Å². The van der Waals surface area contributed by atoms with Crippen molar-refractivity contribution in [2.45, 2.75) is 46.5 Å². The van der Waals surface area contributed by atoms with Gasteiger partial charge in [0.15, 0.2) is 0 Å². The van der Waals surface area contributed by atoms with Crippen molar-refractivity contribution in [3.05, 3.63) is 53.6 Å². The molecule has 0 aliphatic rings. The number of hydrogen-bond acceptors (Lipinski definition) is 2. The molecule has 128 valence electrons. The molecular weight excluding hydrogens is 300 g/mol. The molecule has 0 spiro atoms. The van der Waals surface area contributed by atoms with E-state index in [2.05, 4.69) is 40.7 Å². The van der Waals surface area contributed by atoms with Crippen molar-refractivity contribution < 1.29 is 15.0 Å². The number of phenols is 1. The summed E-state index contributed by atoms with van der Waals surface area (Å²) in [5.41, 5.74) is 2.52. The monoisotopic (exact) mass is 326 g/mol. The maximum atomic E-state index is 11.3. The fraction of sp³-hybridized carbons (Fsp3) is 0.381. The zero-order valence-electron chi connectivity index (χ0n) is 15.1. The molecule has 0 bridgehead atoms. The van der Waals surface area contributed by atoms with Crippen LogP contribution in [0, 0.1) is 5.41 Å². The molecule has 0 unspecified atom stereocenters. The molecule has 2 rings (SSSR count). The first-order valence-electron chi connectivity index (χ1n) is 8.18. The van der Waals surface area contributed by atoms with Crippen LogP contribution in [0.3, 0.4) is 0 Å². The highest BCUT2D eigenvalue weighted by molar-refractivity contribution is 5.94. The van der Waals surface area contributed by atoms with Crippen molar-refractivity contribution in [2.24, 2.45) is 5.41 Å². The molecule has 0 amide bonds. The standard InChI is InChI=1S/C21H26O3/c1-20(2,3)13-21(4,5)17-12-7-6-9-14(17)15-10-8-11-16(18(15)22)19(23)24/h6-12,22H,13H2,1-5H3,(H,23,24). The Balaban J connectivity index is 2.63. The van der Waals surface area contributed by atoms with Crippen molar-refractivity contribution >= 4 is 5.97 Å². The Kier molecular flexibility index (Phi) is 4.75. The van der Waals surface area contributed by atoms with E-state index in [4.69, 9.17) is 0 Å². The third kappa shape index (κ3) is 3.78. The highest BCUT2D eigenvalue weighted by atomic mass is 16.4. The maximum Gasteiger partial charge on any atom is 0.339 e. The van der Waals surface area contributed by atoms with Crippen LogP contribution in [0.1, 0.15) is 57.0 Å². The van der Waals surface area contributed by atoms with Crippen LogP contribution in [0.2, 0.25) is 0 Å². The Morgan fingerprint density at radius 1 is 0.917 bits per heavy atom. The van der Waals surface area contributed by atoms with E-state index in [-0.39, 0.29) is 22.1 Å². The van der Waals surface area contributed by atoms with E-state index in [1.54, 1.807) is 12.1 Å². The van der Waals surface area contributed by atoms with E-state index in [1.807, 2.05) is 18.2 Å². The number of para-hydroxylation sites is 1. The molecule has 0 saturated heterocycles. The highest BCUT2D eigenvalue weighted by Crippen LogP contribution is 2.43. The second kappa shape index (κ2) is 6.31. The minimum Gasteiger partial charge on any atom is -0.506 e. The number of carbonyl (C=O) groups is 1. The number of rotatable bonds is 4. The van der Waals surface area contributed by atoms with Crippen LogP contribution in [0.4, 0.5) is 0 Å². The number of hydrogen-bond donors (Lipinski definition) is 2. The second-order valence-corrected chi connectivity index (χ2v) is 8.17. The Bertz CT molecular complexity index is 752. The van der Waals surface area contributed by atoms with Gasteiger partial charge in [-0.3, -0.25) is 0 Å². The lowest BCUT2D eigenvalue weighted by molar-refractivity contribution is 0.0694. The molecule has 0 aliphatic heterocycles. The van der Waals surface area contributed by atoms with E-state index in [0.717, 1.165) is 17.5 Å². The van der Waals surface area contributed by atoms with Crippen LogP contribution in [0.5, 0.6) is 5.75 Å². The third-order valence-electron chi connectivity index (χ3n) is 4.19. The molecule has 0 fully saturated rings. The van der Waals surface area contributed by atoms with Gasteiger partial charge in [-0.15, -0.1) is 0 Å². The predicted octanol–water partition coefficient (Wildman–Crippen LogP) is 5.47. The molecule has 0 heterocycles. The van der Waals surface area contributed by atoms with Crippen molar-refractivity contribution in [3.63, 3.8) is 0 Å². The van der Waals surface area contributed by atoms with E-state index in [9.17, 15) is 15.0 Å². The first-order chi connectivity index (χ1) is 11.0.